The molecular formula is C17H27FN2O. The molecule has 1 saturated heterocycles. The van der Waals surface area contributed by atoms with Crippen molar-refractivity contribution in [2.45, 2.75) is 44.8 Å². The van der Waals surface area contributed by atoms with Crippen molar-refractivity contribution in [3.63, 3.8) is 0 Å². The number of hydrogen-bond acceptors (Lipinski definition) is 3. The second kappa shape index (κ2) is 8.47. The molecule has 0 radical (unpaired) electrons. The van der Waals surface area contributed by atoms with Gasteiger partial charge in [-0.3, -0.25) is 0 Å². The van der Waals surface area contributed by atoms with E-state index < -0.39 is 6.10 Å². The van der Waals surface area contributed by atoms with E-state index in [9.17, 15) is 9.50 Å². The van der Waals surface area contributed by atoms with Crippen LogP contribution in [-0.4, -0.2) is 42.2 Å². The first-order valence-corrected chi connectivity index (χ1v) is 8.05. The molecule has 118 valence electrons. The Morgan fingerprint density at radius 1 is 1.43 bits per heavy atom. The van der Waals surface area contributed by atoms with Crippen molar-refractivity contribution in [2.75, 3.05) is 26.2 Å². The molecule has 1 aromatic rings. The van der Waals surface area contributed by atoms with Crippen LogP contribution in [0.25, 0.3) is 0 Å². The average molecular weight is 294 g/mol. The third kappa shape index (κ3) is 5.38. The van der Waals surface area contributed by atoms with Crippen molar-refractivity contribution in [1.29, 1.82) is 0 Å². The first kappa shape index (κ1) is 16.4. The maximum absolute atomic E-state index is 13.1. The molecule has 2 N–H and O–H groups in total. The van der Waals surface area contributed by atoms with Gasteiger partial charge in [0.1, 0.15) is 5.82 Å². The summed E-state index contributed by atoms with van der Waals surface area (Å²) in [6.07, 6.45) is 4.42. The second-order valence-corrected chi connectivity index (χ2v) is 6.01. The molecule has 1 aliphatic heterocycles. The van der Waals surface area contributed by atoms with Crippen LogP contribution < -0.4 is 5.32 Å². The Balaban J connectivity index is 1.61. The molecule has 2 atom stereocenters. The van der Waals surface area contributed by atoms with Gasteiger partial charge >= 0.3 is 0 Å². The van der Waals surface area contributed by atoms with Crippen LogP contribution in [0.2, 0.25) is 0 Å². The van der Waals surface area contributed by atoms with Gasteiger partial charge in [-0.1, -0.05) is 18.6 Å². The SMILES string of the molecule is CC1CCCCN1CCCNCC(O)c1cccc(F)c1. The summed E-state index contributed by atoms with van der Waals surface area (Å²) in [5.41, 5.74) is 0.632. The van der Waals surface area contributed by atoms with E-state index in [1.165, 1.54) is 37.9 Å². The zero-order valence-corrected chi connectivity index (χ0v) is 12.9. The molecule has 1 aromatic carbocycles. The summed E-state index contributed by atoms with van der Waals surface area (Å²) in [4.78, 5) is 2.55. The third-order valence-electron chi connectivity index (χ3n) is 4.31. The maximum Gasteiger partial charge on any atom is 0.123 e. The third-order valence-corrected chi connectivity index (χ3v) is 4.31. The molecular weight excluding hydrogens is 267 g/mol. The summed E-state index contributed by atoms with van der Waals surface area (Å²) >= 11 is 0. The zero-order valence-electron chi connectivity index (χ0n) is 12.9. The lowest BCUT2D eigenvalue weighted by Gasteiger charge is -2.33. The molecule has 1 aliphatic rings. The fourth-order valence-electron chi connectivity index (χ4n) is 2.97. The van der Waals surface area contributed by atoms with Crippen molar-refractivity contribution in [1.82, 2.24) is 10.2 Å². The van der Waals surface area contributed by atoms with E-state index in [-0.39, 0.29) is 5.82 Å². The highest BCUT2D eigenvalue weighted by Gasteiger charge is 2.17. The minimum atomic E-state index is -0.644. The number of aliphatic hydroxyl groups excluding tert-OH is 1. The van der Waals surface area contributed by atoms with Gasteiger partial charge in [0.2, 0.25) is 0 Å². The Bertz CT molecular complexity index is 427. The Morgan fingerprint density at radius 2 is 2.29 bits per heavy atom. The van der Waals surface area contributed by atoms with Gasteiger partial charge in [0.05, 0.1) is 6.10 Å². The van der Waals surface area contributed by atoms with Gasteiger partial charge in [-0.05, 0) is 63.5 Å². The summed E-state index contributed by atoms with van der Waals surface area (Å²) in [6, 6.07) is 6.87. The predicted molar refractivity (Wildman–Crippen MR) is 83.7 cm³/mol. The molecule has 1 fully saturated rings. The number of hydrogen-bond donors (Lipinski definition) is 2. The van der Waals surface area contributed by atoms with Crippen LogP contribution in [0.3, 0.4) is 0 Å². The van der Waals surface area contributed by atoms with E-state index >= 15 is 0 Å². The molecule has 1 heterocycles. The van der Waals surface area contributed by atoms with E-state index in [0.29, 0.717) is 18.2 Å². The van der Waals surface area contributed by atoms with Crippen LogP contribution in [0.15, 0.2) is 24.3 Å². The largest absolute Gasteiger partial charge is 0.387 e. The number of piperidine rings is 1. The summed E-state index contributed by atoms with van der Waals surface area (Å²) in [6.45, 7) is 5.99. The van der Waals surface area contributed by atoms with Crippen LogP contribution in [0, 0.1) is 5.82 Å². The highest BCUT2D eigenvalue weighted by molar-refractivity contribution is 5.18. The molecule has 2 rings (SSSR count). The van der Waals surface area contributed by atoms with Crippen molar-refractivity contribution >= 4 is 0 Å². The molecule has 3 nitrogen and oxygen atoms in total. The van der Waals surface area contributed by atoms with E-state index in [1.807, 2.05) is 0 Å². The number of aliphatic hydroxyl groups is 1. The number of rotatable bonds is 7. The van der Waals surface area contributed by atoms with E-state index in [1.54, 1.807) is 12.1 Å². The van der Waals surface area contributed by atoms with Gasteiger partial charge in [0.15, 0.2) is 0 Å². The molecule has 0 saturated carbocycles. The van der Waals surface area contributed by atoms with Gasteiger partial charge in [-0.2, -0.15) is 0 Å². The van der Waals surface area contributed by atoms with Gasteiger partial charge in [-0.15, -0.1) is 0 Å². The quantitative estimate of drug-likeness (QED) is 0.759. The van der Waals surface area contributed by atoms with Crippen LogP contribution in [0.4, 0.5) is 4.39 Å². The highest BCUT2D eigenvalue weighted by atomic mass is 19.1. The van der Waals surface area contributed by atoms with E-state index in [2.05, 4.69) is 17.1 Å². The fraction of sp³-hybridized carbons (Fsp3) is 0.647. The maximum atomic E-state index is 13.1. The average Bonchev–Trinajstić information content (AvgIpc) is 2.48. The topological polar surface area (TPSA) is 35.5 Å². The Morgan fingerprint density at radius 3 is 3.05 bits per heavy atom. The molecule has 0 aromatic heterocycles. The molecule has 0 bridgehead atoms. The smallest absolute Gasteiger partial charge is 0.123 e. The van der Waals surface area contributed by atoms with Gasteiger partial charge in [0.25, 0.3) is 0 Å². The van der Waals surface area contributed by atoms with Crippen molar-refractivity contribution < 1.29 is 9.50 Å². The highest BCUT2D eigenvalue weighted by Crippen LogP contribution is 2.16. The monoisotopic (exact) mass is 294 g/mol. The summed E-state index contributed by atoms with van der Waals surface area (Å²) in [5.74, 6) is -0.300. The lowest BCUT2D eigenvalue weighted by Crippen LogP contribution is -2.39. The van der Waals surface area contributed by atoms with Crippen LogP contribution in [0.1, 0.15) is 44.3 Å². The normalized spacial score (nSPS) is 21.4. The standard InChI is InChI=1S/C17H27FN2O/c1-14-6-2-3-10-20(14)11-5-9-19-13-17(21)15-7-4-8-16(18)12-15/h4,7-8,12,14,17,19,21H,2-3,5-6,9-11,13H2,1H3. The van der Waals surface area contributed by atoms with Crippen molar-refractivity contribution in [3.8, 4) is 0 Å². The van der Waals surface area contributed by atoms with E-state index in [0.717, 1.165) is 19.5 Å². The van der Waals surface area contributed by atoms with Crippen LogP contribution in [0.5, 0.6) is 0 Å². The van der Waals surface area contributed by atoms with Gasteiger partial charge < -0.3 is 15.3 Å². The Hall–Kier alpha value is -0.970. The minimum absolute atomic E-state index is 0.300. The summed E-state index contributed by atoms with van der Waals surface area (Å²) in [5, 5.41) is 13.3. The zero-order chi connectivity index (χ0) is 15.1. The molecule has 0 aliphatic carbocycles. The summed E-state index contributed by atoms with van der Waals surface area (Å²) < 4.78 is 13.1. The number of nitrogens with zero attached hydrogens (tertiary/aromatic N) is 1. The summed E-state index contributed by atoms with van der Waals surface area (Å²) in [7, 11) is 0. The number of halogens is 1. The molecule has 0 spiro atoms. The van der Waals surface area contributed by atoms with E-state index in [4.69, 9.17) is 0 Å². The first-order chi connectivity index (χ1) is 10.2. The van der Waals surface area contributed by atoms with Crippen LogP contribution in [-0.2, 0) is 0 Å². The lowest BCUT2D eigenvalue weighted by atomic mass is 10.0. The van der Waals surface area contributed by atoms with Crippen molar-refractivity contribution in [2.24, 2.45) is 0 Å². The van der Waals surface area contributed by atoms with Crippen LogP contribution >= 0.6 is 0 Å². The first-order valence-electron chi connectivity index (χ1n) is 8.05. The molecule has 4 heteroatoms. The minimum Gasteiger partial charge on any atom is -0.387 e. The number of nitrogens with one attached hydrogen (secondary N) is 1. The van der Waals surface area contributed by atoms with Crippen molar-refractivity contribution in [3.05, 3.63) is 35.6 Å². The predicted octanol–water partition coefficient (Wildman–Crippen LogP) is 2.71. The second-order valence-electron chi connectivity index (χ2n) is 6.01. The lowest BCUT2D eigenvalue weighted by molar-refractivity contribution is 0.154. The number of benzene rings is 1. The molecule has 0 amide bonds. The fourth-order valence-corrected chi connectivity index (χ4v) is 2.97. The molecule has 21 heavy (non-hydrogen) atoms. The van der Waals surface area contributed by atoms with Gasteiger partial charge in [-0.25, -0.2) is 4.39 Å². The number of likely N-dealkylation sites (tertiary alicyclic amines) is 1. The molecule has 2 unspecified atom stereocenters. The Labute approximate surface area is 127 Å². The Kier molecular flexibility index (Phi) is 6.61. The van der Waals surface area contributed by atoms with Gasteiger partial charge in [0, 0.05) is 12.6 Å².